The molecule has 2 heterocycles. The summed E-state index contributed by atoms with van der Waals surface area (Å²) in [5, 5.41) is 10.1. The molecular weight excluding hydrogens is 410 g/mol. The third-order valence-corrected chi connectivity index (χ3v) is 5.87. The van der Waals surface area contributed by atoms with Gasteiger partial charge in [0.25, 0.3) is 0 Å². The number of fused-ring (bicyclic) bond motifs is 2. The monoisotopic (exact) mass is 430 g/mol. The molecule has 5 rings (SSSR count). The van der Waals surface area contributed by atoms with Gasteiger partial charge in [-0.15, -0.1) is 0 Å². The number of carboxylic acids is 1. The van der Waals surface area contributed by atoms with Crippen LogP contribution in [0.5, 0.6) is 0 Å². The Bertz CT molecular complexity index is 1420. The smallest absolute Gasteiger partial charge is 0.335 e. The van der Waals surface area contributed by atoms with E-state index < -0.39 is 11.8 Å². The highest BCUT2D eigenvalue weighted by Crippen LogP contribution is 2.43. The van der Waals surface area contributed by atoms with Gasteiger partial charge in [-0.1, -0.05) is 19.9 Å². The molecule has 0 atom stereocenters. The molecule has 4 nitrogen and oxygen atoms in total. The molecule has 3 aromatic carbocycles. The lowest BCUT2D eigenvalue weighted by atomic mass is 9.94. The number of hydrogen-bond acceptors (Lipinski definition) is 2. The third-order valence-electron chi connectivity index (χ3n) is 5.87. The van der Waals surface area contributed by atoms with Gasteiger partial charge in [-0.2, -0.15) is 0 Å². The summed E-state index contributed by atoms with van der Waals surface area (Å²) in [4.78, 5) is 15.7. The van der Waals surface area contributed by atoms with Crippen molar-refractivity contribution in [1.29, 1.82) is 0 Å². The molecule has 0 radical (unpaired) electrons. The number of hydrogen-bond donors (Lipinski definition) is 1. The highest BCUT2D eigenvalue weighted by molar-refractivity contribution is 6.03. The molecule has 0 aliphatic carbocycles. The molecule has 4 aromatic rings. The van der Waals surface area contributed by atoms with Crippen molar-refractivity contribution >= 4 is 23.1 Å². The Morgan fingerprint density at radius 3 is 2.47 bits per heavy atom. The Hall–Kier alpha value is -3.80. The fraction of sp³-hybridized carbons (Fsp3) is 0.154. The number of aromatic nitrogens is 1. The zero-order chi connectivity index (χ0) is 22.6. The zero-order valence-corrected chi connectivity index (χ0v) is 17.6. The maximum absolute atomic E-state index is 15.3. The molecule has 160 valence electrons. The van der Waals surface area contributed by atoms with E-state index in [9.17, 15) is 14.3 Å². The summed E-state index contributed by atoms with van der Waals surface area (Å²) in [6, 6.07) is 14.3. The summed E-state index contributed by atoms with van der Waals surface area (Å²) in [7, 11) is 0. The average Bonchev–Trinajstić information content (AvgIpc) is 3.34. The number of halogens is 2. The molecule has 0 fully saturated rings. The number of aromatic carboxylic acids is 1. The van der Waals surface area contributed by atoms with Gasteiger partial charge in [-0.05, 0) is 65.6 Å². The van der Waals surface area contributed by atoms with E-state index in [2.05, 4.69) is 4.99 Å². The van der Waals surface area contributed by atoms with Crippen LogP contribution >= 0.6 is 0 Å². The van der Waals surface area contributed by atoms with E-state index in [1.165, 1.54) is 24.3 Å². The van der Waals surface area contributed by atoms with Crippen molar-refractivity contribution in [3.05, 3.63) is 88.6 Å². The second kappa shape index (κ2) is 7.41. The maximum atomic E-state index is 15.3. The zero-order valence-electron chi connectivity index (χ0n) is 17.6. The predicted octanol–water partition coefficient (Wildman–Crippen LogP) is 6.33. The highest BCUT2D eigenvalue weighted by atomic mass is 19.1. The summed E-state index contributed by atoms with van der Waals surface area (Å²) < 4.78 is 31.0. The molecular formula is C26H20F2N2O2. The van der Waals surface area contributed by atoms with Crippen molar-refractivity contribution in [3.8, 4) is 16.8 Å². The standard InChI is InChI=1S/C26H20F2N2O2/c1-14(2)25-24(20-8-3-15(26(31)32)10-22(20)28)21-9-16-12-29-13-17(16)11-23(21)30(25)19-6-4-18(27)5-7-19/h3-11,13-14H,12H2,1-2H3,(H,31,32). The first-order chi connectivity index (χ1) is 15.3. The van der Waals surface area contributed by atoms with Crippen molar-refractivity contribution < 1.29 is 18.7 Å². The number of rotatable bonds is 4. The summed E-state index contributed by atoms with van der Waals surface area (Å²) in [5.41, 5.74) is 5.50. The van der Waals surface area contributed by atoms with Crippen LogP contribution in [0.1, 0.15) is 46.9 Å². The van der Waals surface area contributed by atoms with Crippen molar-refractivity contribution in [2.45, 2.75) is 26.3 Å². The third kappa shape index (κ3) is 3.11. The van der Waals surface area contributed by atoms with Crippen LogP contribution in [0, 0.1) is 11.6 Å². The quantitative estimate of drug-likeness (QED) is 0.411. The first-order valence-corrected chi connectivity index (χ1v) is 10.4. The lowest BCUT2D eigenvalue weighted by Gasteiger charge is -2.16. The van der Waals surface area contributed by atoms with Crippen LogP contribution in [0.3, 0.4) is 0 Å². The highest BCUT2D eigenvalue weighted by Gasteiger charge is 2.26. The van der Waals surface area contributed by atoms with Crippen LogP contribution in [-0.2, 0) is 6.54 Å². The Morgan fingerprint density at radius 1 is 1.06 bits per heavy atom. The molecule has 6 heteroatoms. The SMILES string of the molecule is CC(C)c1c(-c2ccc(C(=O)O)cc2F)c2cc3c(cc2n1-c1ccc(F)cc1)C=NC3. The van der Waals surface area contributed by atoms with E-state index in [1.54, 1.807) is 12.1 Å². The Labute approximate surface area is 183 Å². The van der Waals surface area contributed by atoms with E-state index in [4.69, 9.17) is 0 Å². The van der Waals surface area contributed by atoms with Gasteiger partial charge < -0.3 is 9.67 Å². The van der Waals surface area contributed by atoms with Gasteiger partial charge in [0.05, 0.1) is 17.6 Å². The van der Waals surface area contributed by atoms with E-state index >= 15 is 4.39 Å². The molecule has 0 spiro atoms. The molecule has 1 N–H and O–H groups in total. The van der Waals surface area contributed by atoms with Gasteiger partial charge in [0.2, 0.25) is 0 Å². The largest absolute Gasteiger partial charge is 0.478 e. The number of nitrogens with zero attached hydrogens (tertiary/aromatic N) is 2. The molecule has 32 heavy (non-hydrogen) atoms. The van der Waals surface area contributed by atoms with Gasteiger partial charge in [-0.25, -0.2) is 13.6 Å². The first-order valence-electron chi connectivity index (χ1n) is 10.4. The van der Waals surface area contributed by atoms with Crippen molar-refractivity contribution in [1.82, 2.24) is 4.57 Å². The van der Waals surface area contributed by atoms with Crippen molar-refractivity contribution in [2.75, 3.05) is 0 Å². The predicted molar refractivity (Wildman–Crippen MR) is 121 cm³/mol. The first kappa shape index (κ1) is 20.1. The number of carboxylic acid groups (broad SMARTS) is 1. The number of carbonyl (C=O) groups is 1. The van der Waals surface area contributed by atoms with E-state index in [0.29, 0.717) is 17.7 Å². The lowest BCUT2D eigenvalue weighted by molar-refractivity contribution is 0.0696. The molecule has 0 unspecified atom stereocenters. The second-order valence-electron chi connectivity index (χ2n) is 8.26. The fourth-order valence-corrected chi connectivity index (χ4v) is 4.46. The minimum atomic E-state index is -1.18. The Morgan fingerprint density at radius 2 is 1.81 bits per heavy atom. The minimum Gasteiger partial charge on any atom is -0.478 e. The van der Waals surface area contributed by atoms with E-state index in [0.717, 1.165) is 39.5 Å². The van der Waals surface area contributed by atoms with Crippen LogP contribution in [0.4, 0.5) is 8.78 Å². The van der Waals surface area contributed by atoms with Crippen LogP contribution in [-0.4, -0.2) is 21.9 Å². The number of benzene rings is 3. The second-order valence-corrected chi connectivity index (χ2v) is 8.26. The minimum absolute atomic E-state index is 0.00418. The van der Waals surface area contributed by atoms with Crippen LogP contribution in [0.15, 0.2) is 59.6 Å². The fourth-order valence-electron chi connectivity index (χ4n) is 4.46. The van der Waals surface area contributed by atoms with Crippen LogP contribution in [0.2, 0.25) is 0 Å². The lowest BCUT2D eigenvalue weighted by Crippen LogP contribution is -2.04. The normalized spacial score (nSPS) is 12.7. The molecule has 0 saturated carbocycles. The summed E-state index contributed by atoms with van der Waals surface area (Å²) in [5.74, 6) is -2.10. The van der Waals surface area contributed by atoms with Gasteiger partial charge >= 0.3 is 5.97 Å². The van der Waals surface area contributed by atoms with Crippen LogP contribution in [0.25, 0.3) is 27.7 Å². The van der Waals surface area contributed by atoms with Gasteiger partial charge in [0.1, 0.15) is 11.6 Å². The summed E-state index contributed by atoms with van der Waals surface area (Å²) in [6.07, 6.45) is 1.83. The number of aliphatic imine (C=N–C) groups is 1. The van der Waals surface area contributed by atoms with Gasteiger partial charge in [-0.3, -0.25) is 4.99 Å². The van der Waals surface area contributed by atoms with Crippen molar-refractivity contribution in [2.24, 2.45) is 4.99 Å². The topological polar surface area (TPSA) is 54.6 Å². The molecule has 0 amide bonds. The summed E-state index contributed by atoms with van der Waals surface area (Å²) in [6.45, 7) is 4.61. The maximum Gasteiger partial charge on any atom is 0.335 e. The van der Waals surface area contributed by atoms with E-state index in [-0.39, 0.29) is 17.3 Å². The molecule has 1 aliphatic rings. The Kier molecular flexibility index (Phi) is 4.66. The van der Waals surface area contributed by atoms with Crippen molar-refractivity contribution in [3.63, 3.8) is 0 Å². The van der Waals surface area contributed by atoms with Gasteiger partial charge in [0, 0.05) is 34.1 Å². The van der Waals surface area contributed by atoms with Gasteiger partial charge in [0.15, 0.2) is 0 Å². The van der Waals surface area contributed by atoms with Crippen LogP contribution < -0.4 is 0 Å². The molecule has 0 saturated heterocycles. The molecule has 0 bridgehead atoms. The molecule has 1 aliphatic heterocycles. The Balaban J connectivity index is 1.90. The summed E-state index contributed by atoms with van der Waals surface area (Å²) >= 11 is 0. The molecule has 1 aromatic heterocycles. The average molecular weight is 430 g/mol. The van der Waals surface area contributed by atoms with E-state index in [1.807, 2.05) is 36.8 Å².